The lowest BCUT2D eigenvalue weighted by atomic mass is 10.2. The summed E-state index contributed by atoms with van der Waals surface area (Å²) in [6, 6.07) is 3.92. The molecule has 106 valence electrons. The molecule has 1 saturated heterocycles. The maximum Gasteiger partial charge on any atom is 0.191 e. The van der Waals surface area contributed by atoms with Crippen molar-refractivity contribution in [3.05, 3.63) is 24.2 Å². The van der Waals surface area contributed by atoms with E-state index in [9.17, 15) is 0 Å². The van der Waals surface area contributed by atoms with Crippen LogP contribution >= 0.6 is 11.8 Å². The second kappa shape index (κ2) is 8.15. The minimum Gasteiger partial charge on any atom is -0.469 e. The van der Waals surface area contributed by atoms with Crippen LogP contribution in [-0.2, 0) is 6.42 Å². The Hall–Kier alpha value is -1.10. The molecular weight excluding hydrogens is 258 g/mol. The Balaban J connectivity index is 1.72. The molecule has 0 spiro atoms. The highest BCUT2D eigenvalue weighted by Gasteiger charge is 2.14. The summed E-state index contributed by atoms with van der Waals surface area (Å²) in [5.41, 5.74) is 0. The van der Waals surface area contributed by atoms with Crippen molar-refractivity contribution < 1.29 is 4.42 Å². The van der Waals surface area contributed by atoms with Gasteiger partial charge in [-0.15, -0.1) is 0 Å². The van der Waals surface area contributed by atoms with Crippen LogP contribution in [0.25, 0.3) is 0 Å². The van der Waals surface area contributed by atoms with E-state index in [0.717, 1.165) is 37.8 Å². The first kappa shape index (κ1) is 14.3. The van der Waals surface area contributed by atoms with Gasteiger partial charge in [0.1, 0.15) is 5.76 Å². The van der Waals surface area contributed by atoms with E-state index >= 15 is 0 Å². The summed E-state index contributed by atoms with van der Waals surface area (Å²) < 4.78 is 5.31. The Morgan fingerprint density at radius 3 is 3.16 bits per heavy atom. The van der Waals surface area contributed by atoms with Crippen LogP contribution in [-0.4, -0.2) is 36.6 Å². The minimum absolute atomic E-state index is 0.709. The van der Waals surface area contributed by atoms with Gasteiger partial charge in [-0.3, -0.25) is 4.99 Å². The molecule has 2 N–H and O–H groups in total. The van der Waals surface area contributed by atoms with Gasteiger partial charge in [0, 0.05) is 24.8 Å². The van der Waals surface area contributed by atoms with Gasteiger partial charge in [0.25, 0.3) is 0 Å². The Morgan fingerprint density at radius 2 is 2.47 bits per heavy atom. The van der Waals surface area contributed by atoms with Gasteiger partial charge in [0.05, 0.1) is 12.8 Å². The smallest absolute Gasteiger partial charge is 0.191 e. The largest absolute Gasteiger partial charge is 0.469 e. The van der Waals surface area contributed by atoms with E-state index in [2.05, 4.69) is 22.5 Å². The molecule has 19 heavy (non-hydrogen) atoms. The van der Waals surface area contributed by atoms with Crippen LogP contribution in [0.2, 0.25) is 0 Å². The molecule has 0 aliphatic carbocycles. The average Bonchev–Trinajstić information content (AvgIpc) is 3.09. The van der Waals surface area contributed by atoms with Crippen molar-refractivity contribution in [3.8, 4) is 0 Å². The Morgan fingerprint density at radius 1 is 1.53 bits per heavy atom. The molecule has 1 aliphatic heterocycles. The SMILES string of the molecule is CCNC(=NCC1CCCS1)NCCc1ccco1. The van der Waals surface area contributed by atoms with E-state index in [1.165, 1.54) is 18.6 Å². The number of hydrogen-bond donors (Lipinski definition) is 2. The third kappa shape index (κ3) is 5.19. The molecule has 1 unspecified atom stereocenters. The van der Waals surface area contributed by atoms with E-state index in [4.69, 9.17) is 4.42 Å². The van der Waals surface area contributed by atoms with Crippen molar-refractivity contribution in [2.75, 3.05) is 25.4 Å². The van der Waals surface area contributed by atoms with Gasteiger partial charge < -0.3 is 15.1 Å². The van der Waals surface area contributed by atoms with Crippen molar-refractivity contribution >= 4 is 17.7 Å². The summed E-state index contributed by atoms with van der Waals surface area (Å²) in [4.78, 5) is 4.66. The van der Waals surface area contributed by atoms with E-state index in [1.807, 2.05) is 23.9 Å². The van der Waals surface area contributed by atoms with Crippen LogP contribution in [0.5, 0.6) is 0 Å². The molecule has 4 nitrogen and oxygen atoms in total. The fourth-order valence-corrected chi connectivity index (χ4v) is 3.26. The molecule has 0 aromatic carbocycles. The fraction of sp³-hybridized carbons (Fsp3) is 0.643. The maximum atomic E-state index is 5.31. The topological polar surface area (TPSA) is 49.6 Å². The highest BCUT2D eigenvalue weighted by molar-refractivity contribution is 8.00. The number of nitrogens with one attached hydrogen (secondary N) is 2. The zero-order valence-electron chi connectivity index (χ0n) is 11.5. The standard InChI is InChI=1S/C14H23N3OS/c1-2-15-14(17-11-13-6-4-10-19-13)16-8-7-12-5-3-9-18-12/h3,5,9,13H,2,4,6-8,10-11H2,1H3,(H2,15,16,17). The van der Waals surface area contributed by atoms with Gasteiger partial charge in [-0.25, -0.2) is 0 Å². The summed E-state index contributed by atoms with van der Waals surface area (Å²) in [5.74, 6) is 3.22. The van der Waals surface area contributed by atoms with E-state index in [0.29, 0.717) is 5.25 Å². The minimum atomic E-state index is 0.709. The molecule has 1 aliphatic rings. The maximum absolute atomic E-state index is 5.31. The van der Waals surface area contributed by atoms with Gasteiger partial charge in [-0.1, -0.05) is 0 Å². The van der Waals surface area contributed by atoms with Gasteiger partial charge in [0.15, 0.2) is 5.96 Å². The fourth-order valence-electron chi connectivity index (χ4n) is 2.08. The number of hydrogen-bond acceptors (Lipinski definition) is 3. The summed E-state index contributed by atoms with van der Waals surface area (Å²) in [6.45, 7) is 4.75. The molecular formula is C14H23N3OS. The predicted octanol–water partition coefficient (Wildman–Crippen LogP) is 2.27. The first-order valence-corrected chi connectivity index (χ1v) is 8.09. The van der Waals surface area contributed by atoms with Crippen LogP contribution in [0, 0.1) is 0 Å². The van der Waals surface area contributed by atoms with Gasteiger partial charge in [-0.05, 0) is 37.7 Å². The number of furan rings is 1. The lowest BCUT2D eigenvalue weighted by molar-refractivity contribution is 0.507. The van der Waals surface area contributed by atoms with Gasteiger partial charge >= 0.3 is 0 Å². The average molecular weight is 281 g/mol. The number of nitrogens with zero attached hydrogens (tertiary/aromatic N) is 1. The molecule has 1 aromatic heterocycles. The Kier molecular flexibility index (Phi) is 6.14. The molecule has 0 amide bonds. The van der Waals surface area contributed by atoms with E-state index < -0.39 is 0 Å². The zero-order valence-corrected chi connectivity index (χ0v) is 12.3. The highest BCUT2D eigenvalue weighted by atomic mass is 32.2. The normalized spacial score (nSPS) is 19.6. The van der Waals surface area contributed by atoms with Crippen molar-refractivity contribution in [2.45, 2.75) is 31.4 Å². The highest BCUT2D eigenvalue weighted by Crippen LogP contribution is 2.25. The number of aliphatic imine (C=N–C) groups is 1. The number of rotatable bonds is 6. The molecule has 1 fully saturated rings. The molecule has 0 radical (unpaired) electrons. The van der Waals surface area contributed by atoms with Crippen molar-refractivity contribution in [1.82, 2.24) is 10.6 Å². The van der Waals surface area contributed by atoms with Gasteiger partial charge in [-0.2, -0.15) is 11.8 Å². The lowest BCUT2D eigenvalue weighted by Crippen LogP contribution is -2.38. The Bertz CT molecular complexity index is 372. The lowest BCUT2D eigenvalue weighted by Gasteiger charge is -2.12. The van der Waals surface area contributed by atoms with Crippen LogP contribution in [0.1, 0.15) is 25.5 Å². The number of thioether (sulfide) groups is 1. The molecule has 1 atom stereocenters. The molecule has 0 bridgehead atoms. The van der Waals surface area contributed by atoms with E-state index in [-0.39, 0.29) is 0 Å². The summed E-state index contributed by atoms with van der Waals surface area (Å²) in [5, 5.41) is 7.35. The van der Waals surface area contributed by atoms with Gasteiger partial charge in [0.2, 0.25) is 0 Å². The molecule has 1 aromatic rings. The number of guanidine groups is 1. The van der Waals surface area contributed by atoms with Crippen molar-refractivity contribution in [1.29, 1.82) is 0 Å². The quantitative estimate of drug-likeness (QED) is 0.620. The summed E-state index contributed by atoms with van der Waals surface area (Å²) in [6.07, 6.45) is 5.24. The zero-order chi connectivity index (χ0) is 13.3. The second-order valence-corrected chi connectivity index (χ2v) is 6.02. The molecule has 2 rings (SSSR count). The molecule has 2 heterocycles. The van der Waals surface area contributed by atoms with Crippen molar-refractivity contribution in [2.24, 2.45) is 4.99 Å². The third-order valence-electron chi connectivity index (χ3n) is 3.07. The predicted molar refractivity (Wildman–Crippen MR) is 81.9 cm³/mol. The second-order valence-electron chi connectivity index (χ2n) is 4.61. The van der Waals surface area contributed by atoms with E-state index in [1.54, 1.807) is 6.26 Å². The monoisotopic (exact) mass is 281 g/mol. The molecule has 0 saturated carbocycles. The van der Waals surface area contributed by atoms with Crippen LogP contribution < -0.4 is 10.6 Å². The summed E-state index contributed by atoms with van der Waals surface area (Å²) in [7, 11) is 0. The van der Waals surface area contributed by atoms with Crippen LogP contribution in [0.3, 0.4) is 0 Å². The van der Waals surface area contributed by atoms with Crippen molar-refractivity contribution in [3.63, 3.8) is 0 Å². The Labute approximate surface area is 119 Å². The third-order valence-corrected chi connectivity index (χ3v) is 4.45. The van der Waals surface area contributed by atoms with Crippen LogP contribution in [0.15, 0.2) is 27.8 Å². The first-order valence-electron chi connectivity index (χ1n) is 7.04. The van der Waals surface area contributed by atoms with Crippen LogP contribution in [0.4, 0.5) is 0 Å². The summed E-state index contributed by atoms with van der Waals surface area (Å²) >= 11 is 2.05. The molecule has 5 heteroatoms. The first-order chi connectivity index (χ1) is 9.38.